The summed E-state index contributed by atoms with van der Waals surface area (Å²) in [6.07, 6.45) is 9.32. The van der Waals surface area contributed by atoms with Gasteiger partial charge in [0, 0.05) is 5.75 Å². The van der Waals surface area contributed by atoms with Gasteiger partial charge in [-0.15, -0.1) is 29.9 Å². The maximum atomic E-state index is 5.10. The zero-order valence-electron chi connectivity index (χ0n) is 6.39. The molecule has 0 heterocycles. The summed E-state index contributed by atoms with van der Waals surface area (Å²) < 4.78 is 0. The third kappa shape index (κ3) is 4.84. The largest absolute Gasteiger partial charge is 0.144 e. The van der Waals surface area contributed by atoms with Crippen molar-refractivity contribution in [1.29, 1.82) is 0 Å². The van der Waals surface area contributed by atoms with Gasteiger partial charge in [0.25, 0.3) is 0 Å². The normalized spacial score (nSPS) is 11.1. The highest BCUT2D eigenvalue weighted by atomic mass is 32.2. The van der Waals surface area contributed by atoms with Crippen molar-refractivity contribution in [3.63, 3.8) is 0 Å². The van der Waals surface area contributed by atoms with E-state index in [1.54, 1.807) is 23.5 Å². The minimum Gasteiger partial charge on any atom is -0.144 e. The summed E-state index contributed by atoms with van der Waals surface area (Å²) in [6.45, 7) is 2.06. The first kappa shape index (κ1) is 10.0. The van der Waals surface area contributed by atoms with Gasteiger partial charge in [-0.3, -0.25) is 0 Å². The molecule has 0 aromatic heterocycles. The van der Waals surface area contributed by atoms with Crippen LogP contribution in [-0.2, 0) is 0 Å². The van der Waals surface area contributed by atoms with Crippen LogP contribution >= 0.6 is 23.5 Å². The molecule has 0 aromatic rings. The van der Waals surface area contributed by atoms with Crippen LogP contribution in [0.2, 0.25) is 0 Å². The quantitative estimate of drug-likeness (QED) is 0.472. The van der Waals surface area contributed by atoms with Gasteiger partial charge >= 0.3 is 0 Å². The molecule has 0 unspecified atom stereocenters. The number of rotatable bonds is 4. The Bertz CT molecular complexity index is 142. The maximum Gasteiger partial charge on any atom is 0.0548 e. The molecule has 0 aliphatic carbocycles. The monoisotopic (exact) mass is 172 g/mol. The highest BCUT2D eigenvalue weighted by Crippen LogP contribution is 2.16. The van der Waals surface area contributed by atoms with Crippen molar-refractivity contribution in [2.45, 2.75) is 6.92 Å². The smallest absolute Gasteiger partial charge is 0.0548 e. The molecule has 0 atom stereocenters. The molecule has 0 nitrogen and oxygen atoms in total. The van der Waals surface area contributed by atoms with E-state index < -0.39 is 0 Å². The molecule has 0 saturated heterocycles. The molecular formula is C8H12S2. The molecule has 0 aliphatic rings. The zero-order chi connectivity index (χ0) is 7.82. The predicted octanol–water partition coefficient (Wildman–Crippen LogP) is 2.62. The second kappa shape index (κ2) is 7.11. The Hall–Kier alpha value is -0.0000000000000000555. The van der Waals surface area contributed by atoms with Crippen LogP contribution < -0.4 is 0 Å². The topological polar surface area (TPSA) is 0 Å². The molecule has 0 spiro atoms. The summed E-state index contributed by atoms with van der Waals surface area (Å²) in [7, 11) is 0. The van der Waals surface area contributed by atoms with E-state index in [1.807, 2.05) is 0 Å². The van der Waals surface area contributed by atoms with Crippen LogP contribution in [0.15, 0.2) is 11.0 Å². The second-order valence-corrected chi connectivity index (χ2v) is 3.57. The standard InChI is InChI=1S/C8H12S2/c1-4-6-10-7-8(5-2)9-3/h1,5H,6-7H2,2-3H3/b8-5-. The average Bonchev–Trinajstić information content (AvgIpc) is 1.99. The minimum absolute atomic E-state index is 0.817. The average molecular weight is 172 g/mol. The lowest BCUT2D eigenvalue weighted by Crippen LogP contribution is -1.81. The Labute approximate surface area is 71.8 Å². The first-order chi connectivity index (χ1) is 4.85. The SMILES string of the molecule is C#CCSC/C(=C/C)SC. The molecular weight excluding hydrogens is 160 g/mol. The fourth-order valence-corrected chi connectivity index (χ4v) is 2.02. The fourth-order valence-electron chi connectivity index (χ4n) is 0.471. The van der Waals surface area contributed by atoms with Crippen molar-refractivity contribution in [3.8, 4) is 12.3 Å². The van der Waals surface area contributed by atoms with Gasteiger partial charge in [-0.25, -0.2) is 0 Å². The van der Waals surface area contributed by atoms with Gasteiger partial charge in [0.05, 0.1) is 5.75 Å². The van der Waals surface area contributed by atoms with E-state index in [-0.39, 0.29) is 0 Å². The molecule has 56 valence electrons. The lowest BCUT2D eigenvalue weighted by molar-refractivity contribution is 1.61. The Kier molecular flexibility index (Phi) is 7.11. The van der Waals surface area contributed by atoms with Gasteiger partial charge in [-0.05, 0) is 18.1 Å². The summed E-state index contributed by atoms with van der Waals surface area (Å²) >= 11 is 3.58. The predicted molar refractivity (Wildman–Crippen MR) is 53.4 cm³/mol. The van der Waals surface area contributed by atoms with E-state index in [2.05, 4.69) is 25.2 Å². The Morgan fingerprint density at radius 3 is 2.80 bits per heavy atom. The van der Waals surface area contributed by atoms with E-state index in [4.69, 9.17) is 6.42 Å². The van der Waals surface area contributed by atoms with E-state index in [1.165, 1.54) is 4.91 Å². The van der Waals surface area contributed by atoms with Crippen molar-refractivity contribution in [2.24, 2.45) is 0 Å². The Balaban J connectivity index is 3.39. The number of thioether (sulfide) groups is 2. The van der Waals surface area contributed by atoms with Crippen molar-refractivity contribution in [1.82, 2.24) is 0 Å². The van der Waals surface area contributed by atoms with Gasteiger partial charge in [-0.1, -0.05) is 12.0 Å². The molecule has 0 saturated carbocycles. The summed E-state index contributed by atoms with van der Waals surface area (Å²) in [5.74, 6) is 4.47. The molecule has 0 bridgehead atoms. The number of terminal acetylenes is 1. The molecule has 0 amide bonds. The van der Waals surface area contributed by atoms with Crippen molar-refractivity contribution in [2.75, 3.05) is 17.8 Å². The van der Waals surface area contributed by atoms with Crippen LogP contribution in [0.4, 0.5) is 0 Å². The molecule has 0 fully saturated rings. The fraction of sp³-hybridized carbons (Fsp3) is 0.500. The third-order valence-electron chi connectivity index (χ3n) is 1.01. The van der Waals surface area contributed by atoms with Crippen LogP contribution in [0.25, 0.3) is 0 Å². The van der Waals surface area contributed by atoms with Crippen LogP contribution in [0.5, 0.6) is 0 Å². The molecule has 0 aliphatic heterocycles. The van der Waals surface area contributed by atoms with Crippen molar-refractivity contribution >= 4 is 23.5 Å². The Morgan fingerprint density at radius 1 is 1.70 bits per heavy atom. The first-order valence-corrected chi connectivity index (χ1v) is 5.43. The zero-order valence-corrected chi connectivity index (χ0v) is 8.02. The number of allylic oxidation sites excluding steroid dienone is 1. The summed E-state index contributed by atoms with van der Waals surface area (Å²) in [4.78, 5) is 1.40. The van der Waals surface area contributed by atoms with Crippen molar-refractivity contribution < 1.29 is 0 Å². The third-order valence-corrected chi connectivity index (χ3v) is 2.99. The molecule has 10 heavy (non-hydrogen) atoms. The molecule has 0 rings (SSSR count). The van der Waals surface area contributed by atoms with Gasteiger partial charge in [0.2, 0.25) is 0 Å². The summed E-state index contributed by atoms with van der Waals surface area (Å²) in [6, 6.07) is 0. The lowest BCUT2D eigenvalue weighted by Gasteiger charge is -1.98. The summed E-state index contributed by atoms with van der Waals surface area (Å²) in [5, 5.41) is 0. The van der Waals surface area contributed by atoms with Gasteiger partial charge in [-0.2, -0.15) is 0 Å². The van der Waals surface area contributed by atoms with E-state index in [0.717, 1.165) is 11.5 Å². The molecule has 0 radical (unpaired) electrons. The summed E-state index contributed by atoms with van der Waals surface area (Å²) in [5.41, 5.74) is 0. The van der Waals surface area contributed by atoms with E-state index in [0.29, 0.717) is 0 Å². The first-order valence-electron chi connectivity index (χ1n) is 3.05. The Morgan fingerprint density at radius 2 is 2.40 bits per heavy atom. The minimum atomic E-state index is 0.817. The van der Waals surface area contributed by atoms with Crippen LogP contribution in [0, 0.1) is 12.3 Å². The highest BCUT2D eigenvalue weighted by molar-refractivity contribution is 8.05. The van der Waals surface area contributed by atoms with Crippen LogP contribution in [0.1, 0.15) is 6.92 Å². The van der Waals surface area contributed by atoms with Crippen LogP contribution in [0.3, 0.4) is 0 Å². The second-order valence-electron chi connectivity index (χ2n) is 1.66. The number of hydrogen-bond acceptors (Lipinski definition) is 2. The van der Waals surface area contributed by atoms with E-state index >= 15 is 0 Å². The molecule has 0 aromatic carbocycles. The maximum absolute atomic E-state index is 5.10. The lowest BCUT2D eigenvalue weighted by atomic mass is 10.6. The van der Waals surface area contributed by atoms with Gasteiger partial charge in [0.1, 0.15) is 0 Å². The van der Waals surface area contributed by atoms with Gasteiger partial charge < -0.3 is 0 Å². The van der Waals surface area contributed by atoms with Crippen LogP contribution in [-0.4, -0.2) is 17.8 Å². The highest BCUT2D eigenvalue weighted by Gasteiger charge is 1.91. The van der Waals surface area contributed by atoms with Gasteiger partial charge in [0.15, 0.2) is 0 Å². The number of hydrogen-bond donors (Lipinski definition) is 0. The van der Waals surface area contributed by atoms with Crippen molar-refractivity contribution in [3.05, 3.63) is 11.0 Å². The molecule has 2 heteroatoms. The van der Waals surface area contributed by atoms with E-state index in [9.17, 15) is 0 Å². The molecule has 0 N–H and O–H groups in total.